The Bertz CT molecular complexity index is 1140. The largest absolute Gasteiger partial charge is 0.480 e. The van der Waals surface area contributed by atoms with Crippen molar-refractivity contribution in [2.24, 2.45) is 11.8 Å². The van der Waals surface area contributed by atoms with Crippen molar-refractivity contribution in [3.05, 3.63) is 0 Å². The van der Waals surface area contributed by atoms with Crippen LogP contribution in [-0.4, -0.2) is 131 Å². The smallest absolute Gasteiger partial charge is 0.326 e. The Kier molecular flexibility index (Phi) is 31.9. The molecule has 16 nitrogen and oxygen atoms in total. The lowest BCUT2D eigenvalue weighted by molar-refractivity contribution is -0.142. The zero-order valence-corrected chi connectivity index (χ0v) is 36.1. The van der Waals surface area contributed by atoms with E-state index in [9.17, 15) is 33.9 Å². The number of carboxylic acids is 1. The normalized spacial score (nSPS) is 13.6. The molecule has 0 aliphatic rings. The summed E-state index contributed by atoms with van der Waals surface area (Å²) in [6.45, 7) is 16.6. The van der Waals surface area contributed by atoms with Crippen LogP contribution >= 0.6 is 0 Å². The predicted octanol–water partition coefficient (Wildman–Crippen LogP) is 3.29. The Morgan fingerprint density at radius 2 is 1.14 bits per heavy atom. The highest BCUT2D eigenvalue weighted by atomic mass is 16.5. The van der Waals surface area contributed by atoms with E-state index in [1.165, 1.54) is 6.42 Å². The molecule has 0 spiro atoms. The van der Waals surface area contributed by atoms with Crippen LogP contribution in [0.3, 0.4) is 0 Å². The summed E-state index contributed by atoms with van der Waals surface area (Å²) >= 11 is 0. The Morgan fingerprint density at radius 3 is 1.68 bits per heavy atom. The second kappa shape index (κ2) is 33.8. The van der Waals surface area contributed by atoms with E-state index in [0.717, 1.165) is 44.9 Å². The monoisotopic (exact) mass is 816 g/mol. The van der Waals surface area contributed by atoms with E-state index in [1.54, 1.807) is 6.92 Å². The van der Waals surface area contributed by atoms with Gasteiger partial charge in [0, 0.05) is 38.0 Å². The van der Waals surface area contributed by atoms with E-state index in [2.05, 4.69) is 68.1 Å². The van der Waals surface area contributed by atoms with Gasteiger partial charge in [-0.05, 0) is 77.6 Å². The number of carboxylic acid groups (broad SMARTS) is 1. The summed E-state index contributed by atoms with van der Waals surface area (Å²) in [7, 11) is 0. The summed E-state index contributed by atoms with van der Waals surface area (Å²) in [6, 6.07) is -1.31. The number of rotatable bonds is 38. The van der Waals surface area contributed by atoms with Crippen LogP contribution in [-0.2, 0) is 47.7 Å². The van der Waals surface area contributed by atoms with Gasteiger partial charge in [-0.15, -0.1) is 0 Å². The molecular weight excluding hydrogens is 738 g/mol. The van der Waals surface area contributed by atoms with E-state index < -0.39 is 12.0 Å². The van der Waals surface area contributed by atoms with Crippen LogP contribution in [0.15, 0.2) is 0 Å². The molecule has 57 heavy (non-hydrogen) atoms. The predicted molar refractivity (Wildman–Crippen MR) is 219 cm³/mol. The number of carbonyl (C=O) groups excluding carboxylic acids is 5. The van der Waals surface area contributed by atoms with E-state index in [-0.39, 0.29) is 126 Å². The lowest BCUT2D eigenvalue weighted by atomic mass is 9.90. The third kappa shape index (κ3) is 32.5. The highest BCUT2D eigenvalue weighted by Gasteiger charge is 2.23. The minimum Gasteiger partial charge on any atom is -0.480 e. The van der Waals surface area contributed by atoms with Crippen molar-refractivity contribution in [1.29, 1.82) is 0 Å². The Labute approximate surface area is 341 Å². The maximum atomic E-state index is 12.3. The van der Waals surface area contributed by atoms with E-state index in [1.807, 2.05) is 0 Å². The van der Waals surface area contributed by atoms with E-state index >= 15 is 0 Å². The SMILES string of the molecule is CCCC(C)CC(C)CCCC(=O)N[C@@H](CCC(=O)NCCOCCOCC(=O)NCCOCCOCC(=O)NCCCC[C@H](NC(C)(C)CC)C(C)=O)C(=O)O. The third-order valence-corrected chi connectivity index (χ3v) is 9.51. The molecule has 0 bridgehead atoms. The summed E-state index contributed by atoms with van der Waals surface area (Å²) in [5.41, 5.74) is -0.101. The Balaban J connectivity index is 3.77. The first-order chi connectivity index (χ1) is 27.1. The van der Waals surface area contributed by atoms with Gasteiger partial charge in [0.05, 0.1) is 45.7 Å². The van der Waals surface area contributed by atoms with Crippen molar-refractivity contribution < 1.29 is 52.8 Å². The number of aliphatic carboxylic acids is 1. The first-order valence-corrected chi connectivity index (χ1v) is 21.0. The van der Waals surface area contributed by atoms with Crippen LogP contribution in [0.1, 0.15) is 126 Å². The summed E-state index contributed by atoms with van der Waals surface area (Å²) in [5.74, 6) is -1.07. The number of hydrogen-bond acceptors (Lipinski definition) is 11. The molecule has 0 saturated heterocycles. The summed E-state index contributed by atoms with van der Waals surface area (Å²) < 4.78 is 21.4. The molecule has 0 aliphatic carbocycles. The second-order valence-corrected chi connectivity index (χ2v) is 15.5. The van der Waals surface area contributed by atoms with Gasteiger partial charge in [0.15, 0.2) is 0 Å². The van der Waals surface area contributed by atoms with Gasteiger partial charge >= 0.3 is 5.97 Å². The molecule has 0 aromatic carbocycles. The Morgan fingerprint density at radius 1 is 0.596 bits per heavy atom. The molecule has 332 valence electrons. The average Bonchev–Trinajstić information content (AvgIpc) is 3.14. The minimum absolute atomic E-state index is 0.0145. The maximum Gasteiger partial charge on any atom is 0.326 e. The second-order valence-electron chi connectivity index (χ2n) is 15.5. The molecule has 0 saturated carbocycles. The number of ether oxygens (including phenoxy) is 4. The summed E-state index contributed by atoms with van der Waals surface area (Å²) in [4.78, 5) is 71.9. The fraction of sp³-hybridized carbons (Fsp3) is 0.854. The molecule has 0 radical (unpaired) electrons. The molecule has 2 unspecified atom stereocenters. The van der Waals surface area contributed by atoms with Crippen molar-refractivity contribution in [2.45, 2.75) is 143 Å². The molecule has 0 heterocycles. The molecule has 16 heteroatoms. The standard InChI is InChI=1S/C41H77N5O11/c1-8-13-31(3)28-32(4)14-12-16-37(49)45-35(40(52)53)17-18-36(48)43-20-22-54-24-27-57-30-39(51)44-21-23-55-25-26-56-29-38(50)42-19-11-10-15-34(33(5)47)46-41(6,7)9-2/h31-32,34-35,46H,8-30H2,1-7H3,(H,42,50)(H,43,48)(H,44,51)(H,45,49)(H,52,53)/t31?,32?,34-,35-/m0/s1. The van der Waals surface area contributed by atoms with Gasteiger partial charge in [-0.1, -0.05) is 47.0 Å². The fourth-order valence-corrected chi connectivity index (χ4v) is 5.96. The lowest BCUT2D eigenvalue weighted by Crippen LogP contribution is -2.48. The number of carbonyl (C=O) groups is 6. The molecule has 4 atom stereocenters. The quantitative estimate of drug-likeness (QED) is 0.0495. The van der Waals surface area contributed by atoms with Crippen molar-refractivity contribution in [3.8, 4) is 0 Å². The number of ketones is 1. The maximum absolute atomic E-state index is 12.3. The van der Waals surface area contributed by atoms with Crippen LogP contribution in [0.5, 0.6) is 0 Å². The number of nitrogens with one attached hydrogen (secondary N) is 5. The zero-order valence-electron chi connectivity index (χ0n) is 36.1. The van der Waals surface area contributed by atoms with E-state index in [0.29, 0.717) is 24.8 Å². The van der Waals surface area contributed by atoms with Crippen molar-refractivity contribution in [2.75, 3.05) is 72.5 Å². The molecule has 0 fully saturated rings. The molecular formula is C41H77N5O11. The summed E-state index contributed by atoms with van der Waals surface area (Å²) in [6.07, 6.45) is 8.50. The van der Waals surface area contributed by atoms with Crippen LogP contribution in [0.25, 0.3) is 0 Å². The number of hydrogen-bond donors (Lipinski definition) is 6. The first-order valence-electron chi connectivity index (χ1n) is 21.0. The highest BCUT2D eigenvalue weighted by Crippen LogP contribution is 2.21. The van der Waals surface area contributed by atoms with Crippen molar-refractivity contribution in [1.82, 2.24) is 26.6 Å². The van der Waals surface area contributed by atoms with Crippen molar-refractivity contribution in [3.63, 3.8) is 0 Å². The first kappa shape index (κ1) is 53.8. The molecule has 0 aliphatic heterocycles. The van der Waals surface area contributed by atoms with Crippen LogP contribution in [0, 0.1) is 11.8 Å². The molecule has 0 aromatic heterocycles. The van der Waals surface area contributed by atoms with Crippen LogP contribution < -0.4 is 26.6 Å². The average molecular weight is 816 g/mol. The summed E-state index contributed by atoms with van der Waals surface area (Å²) in [5, 5.41) is 23.6. The number of unbranched alkanes of at least 4 members (excludes halogenated alkanes) is 1. The van der Waals surface area contributed by atoms with Gasteiger partial charge in [-0.3, -0.25) is 24.0 Å². The van der Waals surface area contributed by atoms with Crippen LogP contribution in [0.2, 0.25) is 0 Å². The van der Waals surface area contributed by atoms with Crippen molar-refractivity contribution >= 4 is 35.4 Å². The third-order valence-electron chi connectivity index (χ3n) is 9.51. The van der Waals surface area contributed by atoms with Gasteiger partial charge in [0.2, 0.25) is 23.6 Å². The van der Waals surface area contributed by atoms with Gasteiger partial charge in [0.1, 0.15) is 25.0 Å². The number of amides is 4. The topological polar surface area (TPSA) is 220 Å². The molecule has 0 rings (SSSR count). The Hall–Kier alpha value is -3.18. The lowest BCUT2D eigenvalue weighted by Gasteiger charge is -2.30. The highest BCUT2D eigenvalue weighted by molar-refractivity contribution is 5.84. The zero-order chi connectivity index (χ0) is 42.9. The molecule has 6 N–H and O–H groups in total. The van der Waals surface area contributed by atoms with Gasteiger partial charge in [-0.25, -0.2) is 4.79 Å². The molecule has 0 aromatic rings. The number of Topliss-reactive ketones (excluding diaryl/α,β-unsaturated/α-hetero) is 1. The molecule has 4 amide bonds. The van der Waals surface area contributed by atoms with Gasteiger partial charge in [-0.2, -0.15) is 0 Å². The van der Waals surface area contributed by atoms with Gasteiger partial charge in [0.25, 0.3) is 0 Å². The van der Waals surface area contributed by atoms with Crippen LogP contribution in [0.4, 0.5) is 0 Å². The van der Waals surface area contributed by atoms with Gasteiger partial charge < -0.3 is 50.6 Å². The fourth-order valence-electron chi connectivity index (χ4n) is 5.96. The minimum atomic E-state index is -1.17. The van der Waals surface area contributed by atoms with E-state index in [4.69, 9.17) is 18.9 Å².